The van der Waals surface area contributed by atoms with E-state index in [0.717, 1.165) is 11.1 Å². The number of methoxy groups -OCH3 is 1. The van der Waals surface area contributed by atoms with Crippen molar-refractivity contribution in [3.8, 4) is 11.5 Å². The van der Waals surface area contributed by atoms with Gasteiger partial charge in [-0.25, -0.2) is 0 Å². The van der Waals surface area contributed by atoms with Crippen LogP contribution in [0.3, 0.4) is 0 Å². The molecule has 0 saturated carbocycles. The van der Waals surface area contributed by atoms with Crippen LogP contribution >= 0.6 is 0 Å². The number of ether oxygens (including phenoxy) is 2. The third kappa shape index (κ3) is 4.97. The molecule has 134 valence electrons. The molecule has 2 atom stereocenters. The van der Waals surface area contributed by atoms with Gasteiger partial charge in [0.25, 0.3) is 0 Å². The van der Waals surface area contributed by atoms with Crippen molar-refractivity contribution in [2.75, 3.05) is 7.11 Å². The minimum Gasteiger partial charge on any atom is -0.493 e. The minimum absolute atomic E-state index is 0.0626. The highest BCUT2D eigenvalue weighted by Crippen LogP contribution is 2.31. The van der Waals surface area contributed by atoms with E-state index in [4.69, 9.17) is 15.2 Å². The monoisotopic (exact) mass is 342 g/mol. The van der Waals surface area contributed by atoms with Crippen LogP contribution in [0.15, 0.2) is 48.5 Å². The van der Waals surface area contributed by atoms with Gasteiger partial charge < -0.3 is 15.2 Å². The van der Waals surface area contributed by atoms with Gasteiger partial charge in [-0.3, -0.25) is 10.1 Å². The van der Waals surface area contributed by atoms with Crippen molar-refractivity contribution in [2.24, 2.45) is 5.73 Å². The first-order valence-electron chi connectivity index (χ1n) is 8.37. The van der Waals surface area contributed by atoms with Gasteiger partial charge in [-0.15, -0.1) is 0 Å². The fraction of sp³-hybridized carbons (Fsp3) is 0.350. The van der Waals surface area contributed by atoms with Gasteiger partial charge in [0.2, 0.25) is 5.91 Å². The molecule has 0 aliphatic heterocycles. The predicted octanol–water partition coefficient (Wildman–Crippen LogP) is 3.36. The molecule has 0 unspecified atom stereocenters. The third-order valence-corrected chi connectivity index (χ3v) is 3.88. The molecule has 5 nitrogen and oxygen atoms in total. The summed E-state index contributed by atoms with van der Waals surface area (Å²) in [6.07, 6.45) is 0.0626. The molecule has 25 heavy (non-hydrogen) atoms. The minimum atomic E-state index is -0.561. The van der Waals surface area contributed by atoms with Crippen LogP contribution in [0.5, 0.6) is 11.5 Å². The summed E-state index contributed by atoms with van der Waals surface area (Å²) in [5, 5.41) is 3.29. The smallest absolute Gasteiger partial charge is 0.239 e. The van der Waals surface area contributed by atoms with Gasteiger partial charge in [0, 0.05) is 6.04 Å². The third-order valence-electron chi connectivity index (χ3n) is 3.88. The SMILES string of the molecule is COc1cc([C@H](C)N[C@H](C(N)=O)c2ccccc2)ccc1OC(C)C. The van der Waals surface area contributed by atoms with E-state index >= 15 is 0 Å². The van der Waals surface area contributed by atoms with E-state index in [1.165, 1.54) is 0 Å². The van der Waals surface area contributed by atoms with E-state index in [-0.39, 0.29) is 12.1 Å². The number of benzene rings is 2. The van der Waals surface area contributed by atoms with Gasteiger partial charge in [-0.05, 0) is 44.0 Å². The Kier molecular flexibility index (Phi) is 6.42. The summed E-state index contributed by atoms with van der Waals surface area (Å²) in [7, 11) is 1.61. The number of primary amides is 1. The highest BCUT2D eigenvalue weighted by atomic mass is 16.5. The van der Waals surface area contributed by atoms with E-state index in [1.54, 1.807) is 7.11 Å². The quantitative estimate of drug-likeness (QED) is 0.771. The van der Waals surface area contributed by atoms with Gasteiger partial charge in [0.1, 0.15) is 6.04 Å². The molecular formula is C20H26N2O3. The zero-order valence-electron chi connectivity index (χ0n) is 15.2. The first-order chi connectivity index (χ1) is 11.9. The number of rotatable bonds is 8. The Hall–Kier alpha value is -2.53. The largest absolute Gasteiger partial charge is 0.493 e. The molecule has 2 aromatic rings. The zero-order valence-corrected chi connectivity index (χ0v) is 15.2. The van der Waals surface area contributed by atoms with Gasteiger partial charge in [-0.2, -0.15) is 0 Å². The molecule has 0 radical (unpaired) electrons. The lowest BCUT2D eigenvalue weighted by molar-refractivity contribution is -0.120. The molecule has 0 fully saturated rings. The summed E-state index contributed by atoms with van der Waals surface area (Å²) in [6.45, 7) is 5.92. The van der Waals surface area contributed by atoms with E-state index in [9.17, 15) is 4.79 Å². The lowest BCUT2D eigenvalue weighted by atomic mass is 10.0. The van der Waals surface area contributed by atoms with Crippen LogP contribution in [-0.2, 0) is 4.79 Å². The number of amides is 1. The van der Waals surface area contributed by atoms with Gasteiger partial charge >= 0.3 is 0 Å². The number of hydrogen-bond acceptors (Lipinski definition) is 4. The van der Waals surface area contributed by atoms with Crippen molar-refractivity contribution < 1.29 is 14.3 Å². The van der Waals surface area contributed by atoms with E-state index in [0.29, 0.717) is 11.5 Å². The molecule has 3 N–H and O–H groups in total. The Balaban J connectivity index is 2.21. The average Bonchev–Trinajstić information content (AvgIpc) is 2.59. The number of hydrogen-bond donors (Lipinski definition) is 2. The molecular weight excluding hydrogens is 316 g/mol. The highest BCUT2D eigenvalue weighted by molar-refractivity contribution is 5.81. The molecule has 0 saturated heterocycles. The second-order valence-corrected chi connectivity index (χ2v) is 6.21. The standard InChI is InChI=1S/C20H26N2O3/c1-13(2)25-17-11-10-16(12-18(17)24-4)14(3)22-19(20(21)23)15-8-6-5-7-9-15/h5-14,19,22H,1-4H3,(H2,21,23)/t14-,19-/m0/s1. The van der Waals surface area contributed by atoms with E-state index in [2.05, 4.69) is 5.32 Å². The predicted molar refractivity (Wildman–Crippen MR) is 98.7 cm³/mol. The normalized spacial score (nSPS) is 13.3. The first kappa shape index (κ1) is 18.8. The van der Waals surface area contributed by atoms with Crippen molar-refractivity contribution >= 4 is 5.91 Å². The molecule has 0 aliphatic rings. The topological polar surface area (TPSA) is 73.6 Å². The highest BCUT2D eigenvalue weighted by Gasteiger charge is 2.21. The van der Waals surface area contributed by atoms with Crippen LogP contribution < -0.4 is 20.5 Å². The summed E-state index contributed by atoms with van der Waals surface area (Å²) in [4.78, 5) is 11.9. The van der Waals surface area contributed by atoms with Crippen LogP contribution in [0.1, 0.15) is 44.0 Å². The molecule has 0 heterocycles. The van der Waals surface area contributed by atoms with Crippen LogP contribution in [0.4, 0.5) is 0 Å². The molecule has 0 aromatic heterocycles. The lowest BCUT2D eigenvalue weighted by Gasteiger charge is -2.23. The van der Waals surface area contributed by atoms with Crippen LogP contribution in [0, 0.1) is 0 Å². The molecule has 2 rings (SSSR count). The van der Waals surface area contributed by atoms with Gasteiger partial charge in [-0.1, -0.05) is 36.4 Å². The molecule has 0 spiro atoms. The number of nitrogens with one attached hydrogen (secondary N) is 1. The van der Waals surface area contributed by atoms with Crippen molar-refractivity contribution in [2.45, 2.75) is 39.0 Å². The van der Waals surface area contributed by atoms with E-state index in [1.807, 2.05) is 69.3 Å². The second-order valence-electron chi connectivity index (χ2n) is 6.21. The molecule has 2 aromatic carbocycles. The maximum absolute atomic E-state index is 11.9. The fourth-order valence-corrected chi connectivity index (χ4v) is 2.64. The number of nitrogens with two attached hydrogens (primary N) is 1. The molecule has 5 heteroatoms. The Labute approximate surface area is 149 Å². The maximum Gasteiger partial charge on any atom is 0.239 e. The maximum atomic E-state index is 11.9. The molecule has 0 bridgehead atoms. The van der Waals surface area contributed by atoms with Crippen molar-refractivity contribution in [3.63, 3.8) is 0 Å². The summed E-state index contributed by atoms with van der Waals surface area (Å²) < 4.78 is 11.2. The van der Waals surface area contributed by atoms with Crippen molar-refractivity contribution in [1.29, 1.82) is 0 Å². The van der Waals surface area contributed by atoms with Crippen LogP contribution in [0.25, 0.3) is 0 Å². The van der Waals surface area contributed by atoms with E-state index < -0.39 is 11.9 Å². The molecule has 1 amide bonds. The Morgan fingerprint density at radius 1 is 1.00 bits per heavy atom. The lowest BCUT2D eigenvalue weighted by Crippen LogP contribution is -2.35. The Bertz CT molecular complexity index is 701. The van der Waals surface area contributed by atoms with Crippen LogP contribution in [-0.4, -0.2) is 19.1 Å². The fourth-order valence-electron chi connectivity index (χ4n) is 2.64. The second kappa shape index (κ2) is 8.53. The van der Waals surface area contributed by atoms with Gasteiger partial charge in [0.15, 0.2) is 11.5 Å². The van der Waals surface area contributed by atoms with Crippen LogP contribution in [0.2, 0.25) is 0 Å². The Morgan fingerprint density at radius 2 is 1.68 bits per heavy atom. The molecule has 0 aliphatic carbocycles. The first-order valence-corrected chi connectivity index (χ1v) is 8.37. The zero-order chi connectivity index (χ0) is 18.4. The van der Waals surface area contributed by atoms with Crippen molar-refractivity contribution in [1.82, 2.24) is 5.32 Å². The van der Waals surface area contributed by atoms with Gasteiger partial charge in [0.05, 0.1) is 13.2 Å². The van der Waals surface area contributed by atoms with Crippen molar-refractivity contribution in [3.05, 3.63) is 59.7 Å². The summed E-state index contributed by atoms with van der Waals surface area (Å²) in [5.41, 5.74) is 7.41. The number of carbonyl (C=O) groups excluding carboxylic acids is 1. The summed E-state index contributed by atoms with van der Waals surface area (Å²) >= 11 is 0. The number of carbonyl (C=O) groups is 1. The Morgan fingerprint density at radius 3 is 2.24 bits per heavy atom. The average molecular weight is 342 g/mol. The summed E-state index contributed by atoms with van der Waals surface area (Å²) in [6, 6.07) is 14.5. The summed E-state index contributed by atoms with van der Waals surface area (Å²) in [5.74, 6) is 0.947.